The molecule has 0 fully saturated rings. The SMILES string of the molecule is Cc1nn(Cc2cccc(C(=O)Nc3c(C)nn(Cc4cccc(F)c4)c3C)c2)c(C)c1Cl. The van der Waals surface area contributed by atoms with Crippen molar-refractivity contribution >= 4 is 23.2 Å². The molecule has 0 bridgehead atoms. The van der Waals surface area contributed by atoms with E-state index in [1.54, 1.807) is 16.8 Å². The van der Waals surface area contributed by atoms with E-state index in [4.69, 9.17) is 11.6 Å². The Kier molecular flexibility index (Phi) is 6.33. The summed E-state index contributed by atoms with van der Waals surface area (Å²) in [5.74, 6) is -0.509. The third kappa shape index (κ3) is 4.83. The molecule has 0 radical (unpaired) electrons. The molecule has 0 aliphatic rings. The fourth-order valence-electron chi connectivity index (χ4n) is 3.84. The minimum Gasteiger partial charge on any atom is -0.319 e. The van der Waals surface area contributed by atoms with Crippen molar-refractivity contribution in [2.75, 3.05) is 5.32 Å². The summed E-state index contributed by atoms with van der Waals surface area (Å²) < 4.78 is 17.1. The predicted molar refractivity (Wildman–Crippen MR) is 127 cm³/mol. The number of amides is 1. The van der Waals surface area contributed by atoms with Crippen molar-refractivity contribution in [2.45, 2.75) is 40.8 Å². The number of halogens is 2. The Morgan fingerprint density at radius 2 is 1.52 bits per heavy atom. The van der Waals surface area contributed by atoms with Crippen LogP contribution in [-0.2, 0) is 13.1 Å². The second-order valence-corrected chi connectivity index (χ2v) is 8.51. The molecule has 33 heavy (non-hydrogen) atoms. The van der Waals surface area contributed by atoms with Gasteiger partial charge in [-0.15, -0.1) is 0 Å². The van der Waals surface area contributed by atoms with Crippen LogP contribution in [0.5, 0.6) is 0 Å². The standard InChI is InChI=1S/C25H25ClFN5O/c1-15-23(26)17(3)31(29-15)13-19-7-5-9-21(11-19)25(33)28-24-16(2)30-32(18(24)4)14-20-8-6-10-22(27)12-20/h5-12H,13-14H2,1-4H3,(H,28,33). The Hall–Kier alpha value is -3.45. The first kappa shape index (κ1) is 22.7. The summed E-state index contributed by atoms with van der Waals surface area (Å²) in [6.07, 6.45) is 0. The highest BCUT2D eigenvalue weighted by Gasteiger charge is 2.16. The number of rotatable bonds is 6. The average Bonchev–Trinajstić information content (AvgIpc) is 3.18. The maximum absolute atomic E-state index is 13.5. The van der Waals surface area contributed by atoms with Gasteiger partial charge in [-0.2, -0.15) is 10.2 Å². The van der Waals surface area contributed by atoms with Gasteiger partial charge >= 0.3 is 0 Å². The van der Waals surface area contributed by atoms with Gasteiger partial charge in [0.05, 0.1) is 46.6 Å². The second kappa shape index (κ2) is 9.19. The van der Waals surface area contributed by atoms with Gasteiger partial charge in [-0.1, -0.05) is 35.9 Å². The number of hydrogen-bond donors (Lipinski definition) is 1. The van der Waals surface area contributed by atoms with E-state index in [1.165, 1.54) is 12.1 Å². The van der Waals surface area contributed by atoms with Gasteiger partial charge in [0.1, 0.15) is 5.82 Å². The van der Waals surface area contributed by atoms with Crippen molar-refractivity contribution in [2.24, 2.45) is 0 Å². The Bertz CT molecular complexity index is 1340. The van der Waals surface area contributed by atoms with Crippen LogP contribution >= 0.6 is 11.6 Å². The first-order valence-electron chi connectivity index (χ1n) is 10.6. The Morgan fingerprint density at radius 1 is 0.909 bits per heavy atom. The number of nitrogens with one attached hydrogen (secondary N) is 1. The van der Waals surface area contributed by atoms with Crippen molar-refractivity contribution < 1.29 is 9.18 Å². The number of anilines is 1. The molecule has 0 spiro atoms. The zero-order valence-corrected chi connectivity index (χ0v) is 19.7. The Labute approximate surface area is 197 Å². The van der Waals surface area contributed by atoms with Crippen LogP contribution in [0.2, 0.25) is 5.02 Å². The topological polar surface area (TPSA) is 64.7 Å². The fourth-order valence-corrected chi connectivity index (χ4v) is 3.97. The molecule has 8 heteroatoms. The molecule has 0 saturated heterocycles. The average molecular weight is 466 g/mol. The van der Waals surface area contributed by atoms with E-state index in [9.17, 15) is 9.18 Å². The number of hydrogen-bond acceptors (Lipinski definition) is 3. The largest absolute Gasteiger partial charge is 0.319 e. The molecule has 4 aromatic rings. The first-order valence-corrected chi connectivity index (χ1v) is 11.0. The zero-order valence-electron chi connectivity index (χ0n) is 19.0. The molecule has 1 N–H and O–H groups in total. The van der Waals surface area contributed by atoms with E-state index in [0.717, 1.165) is 28.2 Å². The minimum atomic E-state index is -0.287. The lowest BCUT2D eigenvalue weighted by Gasteiger charge is -2.09. The summed E-state index contributed by atoms with van der Waals surface area (Å²) in [5.41, 5.74) is 6.12. The van der Waals surface area contributed by atoms with Gasteiger partial charge < -0.3 is 5.32 Å². The monoisotopic (exact) mass is 465 g/mol. The third-order valence-electron chi connectivity index (χ3n) is 5.66. The van der Waals surface area contributed by atoms with E-state index in [2.05, 4.69) is 15.5 Å². The summed E-state index contributed by atoms with van der Waals surface area (Å²) in [6.45, 7) is 8.46. The molecular weight excluding hydrogens is 441 g/mol. The molecule has 4 rings (SSSR count). The normalized spacial score (nSPS) is 11.1. The molecule has 0 aliphatic heterocycles. The molecule has 6 nitrogen and oxygen atoms in total. The molecule has 0 aliphatic carbocycles. The summed E-state index contributed by atoms with van der Waals surface area (Å²) in [5, 5.41) is 12.6. The number of nitrogens with zero attached hydrogens (tertiary/aromatic N) is 4. The van der Waals surface area contributed by atoms with Gasteiger partial charge in [-0.3, -0.25) is 14.2 Å². The summed E-state index contributed by atoms with van der Waals surface area (Å²) >= 11 is 6.25. The first-order chi connectivity index (χ1) is 15.7. The van der Waals surface area contributed by atoms with Gasteiger partial charge in [0.2, 0.25) is 0 Å². The number of carbonyl (C=O) groups excluding carboxylic acids is 1. The van der Waals surface area contributed by atoms with E-state index >= 15 is 0 Å². The van der Waals surface area contributed by atoms with Gasteiger partial charge in [0.15, 0.2) is 0 Å². The predicted octanol–water partition coefficient (Wildman–Crippen LogP) is 5.45. The summed E-state index contributed by atoms with van der Waals surface area (Å²) in [6, 6.07) is 13.8. The fraction of sp³-hybridized carbons (Fsp3) is 0.240. The number of benzene rings is 2. The number of carbonyl (C=O) groups is 1. The Balaban J connectivity index is 1.52. The van der Waals surface area contributed by atoms with Crippen LogP contribution in [0.15, 0.2) is 48.5 Å². The third-order valence-corrected chi connectivity index (χ3v) is 6.20. The molecule has 0 atom stereocenters. The molecule has 2 aromatic heterocycles. The zero-order chi connectivity index (χ0) is 23.7. The highest BCUT2D eigenvalue weighted by atomic mass is 35.5. The number of aryl methyl sites for hydroxylation is 2. The van der Waals surface area contributed by atoms with Gasteiger partial charge in [-0.25, -0.2) is 4.39 Å². The molecule has 2 heterocycles. The lowest BCUT2D eigenvalue weighted by molar-refractivity contribution is 0.102. The molecule has 0 saturated carbocycles. The molecule has 2 aromatic carbocycles. The van der Waals surface area contributed by atoms with Crippen LogP contribution in [0.3, 0.4) is 0 Å². The Morgan fingerprint density at radius 3 is 2.15 bits per heavy atom. The quantitative estimate of drug-likeness (QED) is 0.411. The van der Waals surface area contributed by atoms with Crippen LogP contribution in [0, 0.1) is 33.5 Å². The van der Waals surface area contributed by atoms with Crippen molar-refractivity contribution in [1.82, 2.24) is 19.6 Å². The van der Waals surface area contributed by atoms with E-state index in [1.807, 2.05) is 56.6 Å². The highest BCUT2D eigenvalue weighted by molar-refractivity contribution is 6.31. The minimum absolute atomic E-state index is 0.222. The summed E-state index contributed by atoms with van der Waals surface area (Å²) in [4.78, 5) is 13.0. The van der Waals surface area contributed by atoms with Gasteiger partial charge in [0, 0.05) is 5.56 Å². The van der Waals surface area contributed by atoms with Gasteiger partial charge in [0.25, 0.3) is 5.91 Å². The van der Waals surface area contributed by atoms with Crippen LogP contribution in [0.4, 0.5) is 10.1 Å². The van der Waals surface area contributed by atoms with Gasteiger partial charge in [-0.05, 0) is 63.1 Å². The smallest absolute Gasteiger partial charge is 0.255 e. The maximum atomic E-state index is 13.5. The van der Waals surface area contributed by atoms with Crippen molar-refractivity contribution in [1.29, 1.82) is 0 Å². The van der Waals surface area contributed by atoms with E-state index < -0.39 is 0 Å². The molecular formula is C25H25ClFN5O. The van der Waals surface area contributed by atoms with Crippen LogP contribution in [0.1, 0.15) is 44.3 Å². The molecule has 0 unspecified atom stereocenters. The van der Waals surface area contributed by atoms with Crippen LogP contribution in [-0.4, -0.2) is 25.5 Å². The number of aromatic nitrogens is 4. The van der Waals surface area contributed by atoms with Crippen molar-refractivity contribution in [3.05, 3.63) is 98.8 Å². The van der Waals surface area contributed by atoms with Crippen LogP contribution < -0.4 is 5.32 Å². The second-order valence-electron chi connectivity index (χ2n) is 8.13. The van der Waals surface area contributed by atoms with E-state index in [-0.39, 0.29) is 11.7 Å². The van der Waals surface area contributed by atoms with Crippen molar-refractivity contribution in [3.8, 4) is 0 Å². The van der Waals surface area contributed by atoms with E-state index in [0.29, 0.717) is 35.1 Å². The lowest BCUT2D eigenvalue weighted by atomic mass is 10.1. The molecule has 1 amide bonds. The lowest BCUT2D eigenvalue weighted by Crippen LogP contribution is -2.14. The maximum Gasteiger partial charge on any atom is 0.255 e. The molecule has 170 valence electrons. The highest BCUT2D eigenvalue weighted by Crippen LogP contribution is 2.23. The van der Waals surface area contributed by atoms with Crippen LogP contribution in [0.25, 0.3) is 0 Å². The van der Waals surface area contributed by atoms with Crippen molar-refractivity contribution in [3.63, 3.8) is 0 Å². The summed E-state index contributed by atoms with van der Waals surface area (Å²) in [7, 11) is 0.